The van der Waals surface area contributed by atoms with Gasteiger partial charge in [0.2, 0.25) is 11.1 Å². The second kappa shape index (κ2) is 10.0. The Bertz CT molecular complexity index is 1410. The number of alkyl halides is 1. The molecule has 0 amide bonds. The number of nitrogens with zero attached hydrogens (tertiary/aromatic N) is 3. The van der Waals surface area contributed by atoms with Crippen LogP contribution in [0.1, 0.15) is 71.1 Å². The fraction of sp³-hybridized carbons (Fsp3) is 0.613. The molecular formula is C31H37F2N3O4S. The van der Waals surface area contributed by atoms with E-state index in [4.69, 9.17) is 4.74 Å². The van der Waals surface area contributed by atoms with Crippen molar-refractivity contribution in [2.24, 2.45) is 34.5 Å². The van der Waals surface area contributed by atoms with Crippen molar-refractivity contribution < 1.29 is 28.2 Å². The van der Waals surface area contributed by atoms with E-state index in [2.05, 4.69) is 30.0 Å². The van der Waals surface area contributed by atoms with E-state index in [1.54, 1.807) is 17.7 Å². The molecule has 0 unspecified atom stereocenters. The summed E-state index contributed by atoms with van der Waals surface area (Å²) in [6.07, 6.45) is 7.76. The normalized spacial score (nSPS) is 37.3. The predicted octanol–water partition coefficient (Wildman–Crippen LogP) is 5.68. The Morgan fingerprint density at radius 1 is 1.27 bits per heavy atom. The molecule has 2 aromatic heterocycles. The second-order valence-corrected chi connectivity index (χ2v) is 13.7. The summed E-state index contributed by atoms with van der Waals surface area (Å²) < 4.78 is 34.7. The zero-order valence-electron chi connectivity index (χ0n) is 23.9. The standard InChI is InChI=1S/C31H37F2N3O4S/c1-5-26(38)40-31(28(39)41-16-32)9-8-21-20-10-17(2)22-11-23-18(14-35-36(23)19-6-7-25(33)34-15-19)12-29(22,3)27(20)24(37)13-30(21,31)4/h6-7,11,14-15,17,20-21,24,27,37H,5,8-10,12-13,16H2,1-4H3/t17-,20-,21-,24-,27+,29-,30-,31-/m0/s1. The van der Waals surface area contributed by atoms with Crippen molar-refractivity contribution in [1.29, 1.82) is 0 Å². The number of ether oxygens (including phenoxy) is 1. The molecule has 220 valence electrons. The number of hydrogen-bond acceptors (Lipinski definition) is 7. The van der Waals surface area contributed by atoms with Gasteiger partial charge in [-0.2, -0.15) is 9.49 Å². The van der Waals surface area contributed by atoms with E-state index in [1.165, 1.54) is 17.8 Å². The average molecular weight is 586 g/mol. The van der Waals surface area contributed by atoms with Crippen molar-refractivity contribution >= 4 is 28.9 Å². The Hall–Kier alpha value is -2.59. The molecule has 0 spiro atoms. The predicted molar refractivity (Wildman–Crippen MR) is 151 cm³/mol. The summed E-state index contributed by atoms with van der Waals surface area (Å²) in [5.41, 5.74) is 1.37. The number of allylic oxidation sites excluding steroid dienone is 1. The number of fused-ring (bicyclic) bond motifs is 6. The van der Waals surface area contributed by atoms with Crippen molar-refractivity contribution in [1.82, 2.24) is 14.8 Å². The van der Waals surface area contributed by atoms with Crippen LogP contribution in [-0.2, 0) is 20.7 Å². The first kappa shape index (κ1) is 28.5. The molecule has 4 aliphatic carbocycles. The topological polar surface area (TPSA) is 94.3 Å². The molecule has 0 radical (unpaired) electrons. The first-order valence-corrected chi connectivity index (χ1v) is 15.5. The lowest BCUT2D eigenvalue weighted by atomic mass is 9.44. The van der Waals surface area contributed by atoms with Gasteiger partial charge in [-0.25, -0.2) is 14.1 Å². The molecule has 41 heavy (non-hydrogen) atoms. The summed E-state index contributed by atoms with van der Waals surface area (Å²) in [6.45, 7) is 8.11. The summed E-state index contributed by atoms with van der Waals surface area (Å²) in [5, 5.41) is 16.1. The number of aliphatic hydroxyl groups is 1. The summed E-state index contributed by atoms with van der Waals surface area (Å²) in [5.74, 6) is -0.740. The number of rotatable bonds is 5. The van der Waals surface area contributed by atoms with Crippen LogP contribution in [0.2, 0.25) is 0 Å². The van der Waals surface area contributed by atoms with Crippen LogP contribution in [0.25, 0.3) is 11.8 Å². The van der Waals surface area contributed by atoms with Gasteiger partial charge in [0.1, 0.15) is 6.01 Å². The number of halogens is 2. The molecule has 0 saturated heterocycles. The summed E-state index contributed by atoms with van der Waals surface area (Å²) in [7, 11) is 0. The molecule has 1 N–H and O–H groups in total. The number of aromatic nitrogens is 3. The highest BCUT2D eigenvalue weighted by molar-refractivity contribution is 8.13. The number of hydrogen-bond donors (Lipinski definition) is 1. The SMILES string of the molecule is CCC(=O)O[C@]1(C(=O)SCF)CC[C@H]2[C@@H]3C[C@H](C)C4=Cc5c(cnn5-c5ccc(F)nc5)C[C@]4(C)[C@H]3[C@@H](O)C[C@@]21C. The number of esters is 1. The Balaban J connectivity index is 1.39. The van der Waals surface area contributed by atoms with Crippen LogP contribution in [0, 0.1) is 40.4 Å². The van der Waals surface area contributed by atoms with Gasteiger partial charge < -0.3 is 9.84 Å². The number of carbonyl (C=O) groups is 2. The van der Waals surface area contributed by atoms with Crippen LogP contribution in [0.4, 0.5) is 8.78 Å². The number of aliphatic hydroxyl groups excluding tert-OH is 1. The minimum absolute atomic E-state index is 0.0416. The van der Waals surface area contributed by atoms with Crippen molar-refractivity contribution in [2.45, 2.75) is 77.9 Å². The minimum atomic E-state index is -1.45. The molecule has 3 fully saturated rings. The van der Waals surface area contributed by atoms with Crippen molar-refractivity contribution in [3.05, 3.63) is 47.3 Å². The molecule has 2 aromatic rings. The Labute approximate surface area is 243 Å². The van der Waals surface area contributed by atoms with Gasteiger partial charge in [0.15, 0.2) is 5.60 Å². The van der Waals surface area contributed by atoms with Gasteiger partial charge >= 0.3 is 5.97 Å². The van der Waals surface area contributed by atoms with Crippen molar-refractivity contribution in [2.75, 3.05) is 6.01 Å². The first-order valence-electron chi connectivity index (χ1n) is 14.5. The smallest absolute Gasteiger partial charge is 0.306 e. The largest absolute Gasteiger partial charge is 0.449 e. The van der Waals surface area contributed by atoms with E-state index in [9.17, 15) is 23.5 Å². The molecule has 6 rings (SSSR count). The Morgan fingerprint density at radius 2 is 2.05 bits per heavy atom. The molecule has 0 bridgehead atoms. The van der Waals surface area contributed by atoms with Crippen LogP contribution in [0.15, 0.2) is 30.1 Å². The fourth-order valence-electron chi connectivity index (χ4n) is 9.29. The van der Waals surface area contributed by atoms with E-state index >= 15 is 0 Å². The third kappa shape index (κ3) is 4.07. The lowest BCUT2D eigenvalue weighted by molar-refractivity contribution is -0.197. The van der Waals surface area contributed by atoms with E-state index in [0.29, 0.717) is 43.1 Å². The van der Waals surface area contributed by atoms with Crippen molar-refractivity contribution in [3.63, 3.8) is 0 Å². The van der Waals surface area contributed by atoms with Gasteiger partial charge in [0.25, 0.3) is 0 Å². The van der Waals surface area contributed by atoms with Crippen LogP contribution >= 0.6 is 11.8 Å². The highest BCUT2D eigenvalue weighted by atomic mass is 32.2. The van der Waals surface area contributed by atoms with Gasteiger partial charge in [-0.1, -0.05) is 33.3 Å². The zero-order chi connectivity index (χ0) is 29.3. The van der Waals surface area contributed by atoms with Gasteiger partial charge in [0.05, 0.1) is 29.9 Å². The summed E-state index contributed by atoms with van der Waals surface area (Å²) in [4.78, 5) is 29.9. The summed E-state index contributed by atoms with van der Waals surface area (Å²) >= 11 is 0.568. The molecule has 0 aliphatic heterocycles. The lowest BCUT2D eigenvalue weighted by Crippen LogP contribution is -2.63. The third-order valence-corrected chi connectivity index (χ3v) is 11.6. The number of pyridine rings is 1. The maximum absolute atomic E-state index is 13.5. The van der Waals surface area contributed by atoms with Gasteiger partial charge in [-0.3, -0.25) is 9.59 Å². The Morgan fingerprint density at radius 3 is 2.73 bits per heavy atom. The minimum Gasteiger partial charge on any atom is -0.449 e. The monoisotopic (exact) mass is 585 g/mol. The summed E-state index contributed by atoms with van der Waals surface area (Å²) in [6, 6.07) is 2.10. The number of thioether (sulfide) groups is 1. The van der Waals surface area contributed by atoms with Crippen LogP contribution < -0.4 is 0 Å². The van der Waals surface area contributed by atoms with E-state index in [1.807, 2.05) is 13.1 Å². The molecule has 10 heteroatoms. The molecule has 0 aromatic carbocycles. The molecule has 2 heterocycles. The van der Waals surface area contributed by atoms with Gasteiger partial charge in [0, 0.05) is 11.8 Å². The first-order chi connectivity index (χ1) is 19.5. The van der Waals surface area contributed by atoms with Crippen LogP contribution in [0.5, 0.6) is 0 Å². The van der Waals surface area contributed by atoms with Crippen LogP contribution in [0.3, 0.4) is 0 Å². The zero-order valence-corrected chi connectivity index (χ0v) is 24.7. The van der Waals surface area contributed by atoms with E-state index in [0.717, 1.165) is 17.7 Å². The van der Waals surface area contributed by atoms with Crippen LogP contribution in [-0.4, -0.2) is 48.7 Å². The molecule has 4 aliphatic rings. The highest BCUT2D eigenvalue weighted by Crippen LogP contribution is 2.69. The van der Waals surface area contributed by atoms with Gasteiger partial charge in [-0.05, 0) is 96.7 Å². The van der Waals surface area contributed by atoms with E-state index in [-0.39, 0.29) is 35.5 Å². The Kier molecular flexibility index (Phi) is 6.96. The van der Waals surface area contributed by atoms with Gasteiger partial charge in [-0.15, -0.1) is 0 Å². The molecule has 8 atom stereocenters. The third-order valence-electron chi connectivity index (χ3n) is 10.9. The quantitative estimate of drug-likeness (QED) is 0.356. The maximum atomic E-state index is 13.5. The number of carbonyl (C=O) groups excluding carboxylic acids is 2. The van der Waals surface area contributed by atoms with E-state index < -0.39 is 40.2 Å². The lowest BCUT2D eigenvalue weighted by Gasteiger charge is -2.61. The second-order valence-electron chi connectivity index (χ2n) is 12.9. The molecular weight excluding hydrogens is 548 g/mol. The molecule has 7 nitrogen and oxygen atoms in total. The average Bonchev–Trinajstić information content (AvgIpc) is 3.46. The molecule has 3 saturated carbocycles. The maximum Gasteiger partial charge on any atom is 0.306 e. The van der Waals surface area contributed by atoms with Crippen molar-refractivity contribution in [3.8, 4) is 5.69 Å². The fourth-order valence-corrected chi connectivity index (χ4v) is 10.00. The highest BCUT2D eigenvalue weighted by Gasteiger charge is 2.71.